The maximum absolute atomic E-state index is 13.3. The van der Waals surface area contributed by atoms with Gasteiger partial charge in [-0.25, -0.2) is 0 Å². The first kappa shape index (κ1) is 20.3. The highest BCUT2D eigenvalue weighted by molar-refractivity contribution is 6.02. The molecule has 1 aromatic heterocycles. The molecule has 4 aliphatic rings. The van der Waals surface area contributed by atoms with Crippen LogP contribution in [0.25, 0.3) is 10.9 Å². The van der Waals surface area contributed by atoms with Gasteiger partial charge < -0.3 is 20.9 Å². The van der Waals surface area contributed by atoms with E-state index >= 15 is 0 Å². The average Bonchev–Trinajstić information content (AvgIpc) is 3.22. The largest absolute Gasteiger partial charge is 0.362 e. The second-order valence-corrected chi connectivity index (χ2v) is 10.4. The second kappa shape index (κ2) is 7.37. The number of aromatic nitrogens is 1. The van der Waals surface area contributed by atoms with Crippen molar-refractivity contribution in [3.63, 3.8) is 0 Å². The summed E-state index contributed by atoms with van der Waals surface area (Å²) < 4.78 is 0. The highest BCUT2D eigenvalue weighted by Crippen LogP contribution is 2.58. The molecule has 3 saturated carbocycles. The van der Waals surface area contributed by atoms with Gasteiger partial charge in [0.2, 0.25) is 5.91 Å². The number of rotatable bonds is 4. The summed E-state index contributed by atoms with van der Waals surface area (Å²) in [6, 6.07) is 16.0. The molecule has 4 N–H and O–H groups in total. The molecule has 2 aromatic carbocycles. The predicted molar refractivity (Wildman–Crippen MR) is 129 cm³/mol. The number of aromatic amines is 1. The van der Waals surface area contributed by atoms with Gasteiger partial charge in [0.25, 0.3) is 5.91 Å². The van der Waals surface area contributed by atoms with Crippen molar-refractivity contribution in [1.82, 2.24) is 15.6 Å². The van der Waals surface area contributed by atoms with Crippen LogP contribution < -0.4 is 16.0 Å². The molecule has 0 unspecified atom stereocenters. The Morgan fingerprint density at radius 3 is 2.82 bits per heavy atom. The highest BCUT2D eigenvalue weighted by Gasteiger charge is 2.60. The number of H-pyrrole nitrogens is 1. The Morgan fingerprint density at radius 1 is 1.12 bits per heavy atom. The van der Waals surface area contributed by atoms with Crippen molar-refractivity contribution in [3.05, 3.63) is 65.9 Å². The van der Waals surface area contributed by atoms with Crippen LogP contribution in [0, 0.1) is 17.3 Å². The highest BCUT2D eigenvalue weighted by atomic mass is 16.2. The van der Waals surface area contributed by atoms with E-state index in [-0.39, 0.29) is 29.1 Å². The fourth-order valence-electron chi connectivity index (χ4n) is 6.64. The van der Waals surface area contributed by atoms with Gasteiger partial charge in [0.15, 0.2) is 0 Å². The first-order chi connectivity index (χ1) is 16.0. The number of carbonyl (C=O) groups excluding carboxylic acids is 2. The number of nitrogens with one attached hydrogen (secondary N) is 4. The van der Waals surface area contributed by atoms with E-state index in [0.29, 0.717) is 12.1 Å². The number of carbonyl (C=O) groups is 2. The molecule has 3 aliphatic carbocycles. The Morgan fingerprint density at radius 2 is 1.94 bits per heavy atom. The Bertz CT molecular complexity index is 1250. The molecule has 3 aromatic rings. The summed E-state index contributed by atoms with van der Waals surface area (Å²) in [6.07, 6.45) is 6.45. The second-order valence-electron chi connectivity index (χ2n) is 10.4. The van der Waals surface area contributed by atoms with Crippen molar-refractivity contribution < 1.29 is 9.59 Å². The average molecular weight is 443 g/mol. The summed E-state index contributed by atoms with van der Waals surface area (Å²) in [7, 11) is 0. The van der Waals surface area contributed by atoms with Crippen LogP contribution in [-0.2, 0) is 11.2 Å². The van der Waals surface area contributed by atoms with E-state index in [9.17, 15) is 9.59 Å². The van der Waals surface area contributed by atoms with Crippen LogP contribution in [0.1, 0.15) is 48.5 Å². The first-order valence-corrected chi connectivity index (χ1v) is 12.0. The molecule has 7 rings (SSSR count). The Labute approximate surface area is 193 Å². The lowest BCUT2D eigenvalue weighted by atomic mass is 9.51. The summed E-state index contributed by atoms with van der Waals surface area (Å²) in [6.45, 7) is 2.85. The molecule has 1 spiro atoms. The SMILES string of the molecule is C[C@]12CC[C@H](C[C@@H]1C(=O)NCCc1c[nH]c3ccccc13)[C@]1(C2)NC(=O)c2ccccc2N1. The number of benzene rings is 2. The van der Waals surface area contributed by atoms with Crippen molar-refractivity contribution in [1.29, 1.82) is 0 Å². The van der Waals surface area contributed by atoms with Crippen LogP contribution >= 0.6 is 0 Å². The Balaban J connectivity index is 1.15. The molecule has 0 radical (unpaired) electrons. The van der Waals surface area contributed by atoms with E-state index < -0.39 is 5.66 Å². The lowest BCUT2D eigenvalue weighted by Gasteiger charge is -2.60. The van der Waals surface area contributed by atoms with Crippen LogP contribution in [0.4, 0.5) is 5.69 Å². The summed E-state index contributed by atoms with van der Waals surface area (Å²) in [5, 5.41) is 11.4. The Hall–Kier alpha value is -3.28. The quantitative estimate of drug-likeness (QED) is 0.488. The lowest BCUT2D eigenvalue weighted by Crippen LogP contribution is -2.70. The molecule has 170 valence electrons. The molecule has 6 nitrogen and oxygen atoms in total. The van der Waals surface area contributed by atoms with Crippen molar-refractivity contribution in [2.75, 3.05) is 11.9 Å². The number of hydrogen-bond acceptors (Lipinski definition) is 3. The van der Waals surface area contributed by atoms with Gasteiger partial charge in [-0.1, -0.05) is 37.3 Å². The molecule has 2 heterocycles. The molecule has 3 fully saturated rings. The maximum atomic E-state index is 13.3. The minimum absolute atomic E-state index is 0.0137. The van der Waals surface area contributed by atoms with E-state index in [0.717, 1.165) is 43.3 Å². The van der Waals surface area contributed by atoms with E-state index in [4.69, 9.17) is 0 Å². The zero-order valence-electron chi connectivity index (χ0n) is 18.9. The summed E-state index contributed by atoms with van der Waals surface area (Å²) in [5.74, 6) is 0.348. The van der Waals surface area contributed by atoms with Crippen LogP contribution in [0.2, 0.25) is 0 Å². The normalized spacial score (nSPS) is 30.0. The summed E-state index contributed by atoms with van der Waals surface area (Å²) >= 11 is 0. The van der Waals surface area contributed by atoms with Gasteiger partial charge in [-0.15, -0.1) is 0 Å². The number of hydrogen-bond donors (Lipinski definition) is 4. The van der Waals surface area contributed by atoms with Gasteiger partial charge in [0.05, 0.1) is 5.56 Å². The van der Waals surface area contributed by atoms with Crippen molar-refractivity contribution in [2.24, 2.45) is 17.3 Å². The fourth-order valence-corrected chi connectivity index (χ4v) is 6.64. The number of amides is 2. The van der Waals surface area contributed by atoms with Crippen molar-refractivity contribution in [2.45, 2.75) is 44.7 Å². The van der Waals surface area contributed by atoms with E-state index in [1.165, 1.54) is 10.9 Å². The van der Waals surface area contributed by atoms with Gasteiger partial charge in [-0.3, -0.25) is 9.59 Å². The zero-order valence-corrected chi connectivity index (χ0v) is 18.9. The zero-order chi connectivity index (χ0) is 22.6. The van der Waals surface area contributed by atoms with E-state index in [1.807, 2.05) is 42.6 Å². The van der Waals surface area contributed by atoms with Gasteiger partial charge in [0.1, 0.15) is 5.66 Å². The lowest BCUT2D eigenvalue weighted by molar-refractivity contribution is -0.139. The number of anilines is 1. The number of para-hydroxylation sites is 2. The smallest absolute Gasteiger partial charge is 0.255 e. The molecule has 4 atom stereocenters. The van der Waals surface area contributed by atoms with Gasteiger partial charge in [-0.05, 0) is 61.3 Å². The molecular weight excluding hydrogens is 412 g/mol. The van der Waals surface area contributed by atoms with Crippen LogP contribution in [0.15, 0.2) is 54.7 Å². The minimum Gasteiger partial charge on any atom is -0.362 e. The van der Waals surface area contributed by atoms with Crippen LogP contribution in [0.3, 0.4) is 0 Å². The van der Waals surface area contributed by atoms with Gasteiger partial charge in [0, 0.05) is 41.2 Å². The monoisotopic (exact) mass is 442 g/mol. The van der Waals surface area contributed by atoms with Crippen LogP contribution in [0.5, 0.6) is 0 Å². The third kappa shape index (κ3) is 3.23. The third-order valence-corrected chi connectivity index (χ3v) is 8.36. The topological polar surface area (TPSA) is 86.0 Å². The van der Waals surface area contributed by atoms with Crippen molar-refractivity contribution in [3.8, 4) is 0 Å². The molecule has 0 saturated heterocycles. The van der Waals surface area contributed by atoms with Crippen LogP contribution in [-0.4, -0.2) is 29.0 Å². The van der Waals surface area contributed by atoms with Gasteiger partial charge in [-0.2, -0.15) is 0 Å². The van der Waals surface area contributed by atoms with E-state index in [1.54, 1.807) is 0 Å². The summed E-state index contributed by atoms with van der Waals surface area (Å²) in [5.41, 5.74) is 3.35. The maximum Gasteiger partial charge on any atom is 0.255 e. The number of fused-ring (bicyclic) bond motifs is 4. The minimum atomic E-state index is -0.459. The first-order valence-electron chi connectivity index (χ1n) is 12.0. The standard InChI is InChI=1S/C27H30N4O2/c1-26-12-10-18(27(16-26)30-23-9-5-3-7-20(23)24(32)31-27)14-21(26)25(33)28-13-11-17-15-29-22-8-4-2-6-19(17)22/h2-9,15,18,21,29-30H,10-14,16H2,1H3,(H,28,33)(H,31,32)/t18-,21-,26-,27+/m1/s1. The molecular formula is C27H30N4O2. The molecule has 33 heavy (non-hydrogen) atoms. The van der Waals surface area contributed by atoms with Gasteiger partial charge >= 0.3 is 0 Å². The summed E-state index contributed by atoms with van der Waals surface area (Å²) in [4.78, 5) is 29.5. The fraction of sp³-hybridized carbons (Fsp3) is 0.407. The molecule has 6 heteroatoms. The molecule has 2 amide bonds. The van der Waals surface area contributed by atoms with Crippen molar-refractivity contribution >= 4 is 28.4 Å². The predicted octanol–water partition coefficient (Wildman–Crippen LogP) is 4.20. The molecule has 1 aliphatic heterocycles. The Kier molecular flexibility index (Phi) is 4.54. The third-order valence-electron chi connectivity index (χ3n) is 8.36. The molecule has 2 bridgehead atoms. The van der Waals surface area contributed by atoms with E-state index in [2.05, 4.69) is 40.0 Å².